The summed E-state index contributed by atoms with van der Waals surface area (Å²) in [5.74, 6) is -0.486. The van der Waals surface area contributed by atoms with Gasteiger partial charge >= 0.3 is 0 Å². The van der Waals surface area contributed by atoms with E-state index in [1.807, 2.05) is 39.0 Å². The Kier molecular flexibility index (Phi) is 6.88. The number of benzene rings is 2. The number of amides is 1. The van der Waals surface area contributed by atoms with Crippen LogP contribution in [0.25, 0.3) is 22.4 Å². The molecule has 2 heterocycles. The number of aromatic hydroxyl groups is 2. The van der Waals surface area contributed by atoms with Gasteiger partial charge in [-0.25, -0.2) is 4.39 Å². The van der Waals surface area contributed by atoms with Gasteiger partial charge in [-0.05, 0) is 47.6 Å². The Hall–Kier alpha value is -3.39. The number of carbonyl (C=O) groups is 1. The van der Waals surface area contributed by atoms with Crippen molar-refractivity contribution in [1.82, 2.24) is 15.4 Å². The molecule has 7 nitrogen and oxygen atoms in total. The molecule has 2 aromatic carbocycles. The molecule has 0 bridgehead atoms. The molecule has 0 fully saturated rings. The summed E-state index contributed by atoms with van der Waals surface area (Å²) < 4.78 is 18.3. The van der Waals surface area contributed by atoms with Crippen LogP contribution in [-0.2, 0) is 13.0 Å². The monoisotopic (exact) mass is 467 g/mol. The van der Waals surface area contributed by atoms with Crippen molar-refractivity contribution in [2.45, 2.75) is 39.7 Å². The molecule has 0 aliphatic carbocycles. The molecule has 180 valence electrons. The third-order valence-corrected chi connectivity index (χ3v) is 6.24. The third kappa shape index (κ3) is 4.50. The Labute approximate surface area is 198 Å². The van der Waals surface area contributed by atoms with E-state index in [0.717, 1.165) is 29.7 Å². The molecule has 0 unspecified atom stereocenters. The highest BCUT2D eigenvalue weighted by atomic mass is 19.1. The number of alkyl halides is 1. The highest BCUT2D eigenvalue weighted by Gasteiger charge is 2.28. The van der Waals surface area contributed by atoms with Crippen molar-refractivity contribution in [3.05, 3.63) is 52.8 Å². The number of hydrogen-bond donors (Lipinski definition) is 3. The molecule has 0 spiro atoms. The van der Waals surface area contributed by atoms with Crippen molar-refractivity contribution in [2.75, 3.05) is 26.3 Å². The standard InChI is InChI=1S/C26H30FN3O4/c1-4-28-26(33)25-23(17-5-6-18-14-30(10-8-27)9-7-16(18)11-17)24(29-34-25)20-12-19(15(2)3)21(31)13-22(20)32/h5-6,11-13,15,31-32H,4,7-10,14H2,1-3H3,(H,28,33). The lowest BCUT2D eigenvalue weighted by molar-refractivity contribution is 0.0920. The smallest absolute Gasteiger partial charge is 0.290 e. The zero-order valence-corrected chi connectivity index (χ0v) is 19.7. The largest absolute Gasteiger partial charge is 0.508 e. The van der Waals surface area contributed by atoms with Crippen LogP contribution < -0.4 is 5.32 Å². The third-order valence-electron chi connectivity index (χ3n) is 6.24. The highest BCUT2D eigenvalue weighted by Crippen LogP contribution is 2.43. The number of hydrogen-bond acceptors (Lipinski definition) is 6. The minimum absolute atomic E-state index is 0.00291. The van der Waals surface area contributed by atoms with Gasteiger partial charge < -0.3 is 20.1 Å². The second kappa shape index (κ2) is 9.85. The number of fused-ring (bicyclic) bond motifs is 1. The van der Waals surface area contributed by atoms with Gasteiger partial charge in [0.25, 0.3) is 5.91 Å². The molecule has 1 aliphatic heterocycles. The summed E-state index contributed by atoms with van der Waals surface area (Å²) in [6.07, 6.45) is 0.766. The molecule has 0 saturated carbocycles. The number of carbonyl (C=O) groups excluding carboxylic acids is 1. The highest BCUT2D eigenvalue weighted by molar-refractivity contribution is 6.02. The summed E-state index contributed by atoms with van der Waals surface area (Å²) in [4.78, 5) is 14.9. The Morgan fingerprint density at radius 2 is 2.00 bits per heavy atom. The van der Waals surface area contributed by atoms with Crippen molar-refractivity contribution in [3.63, 3.8) is 0 Å². The molecular weight excluding hydrogens is 437 g/mol. The zero-order valence-electron chi connectivity index (χ0n) is 19.7. The first-order valence-corrected chi connectivity index (χ1v) is 11.6. The number of rotatable bonds is 7. The van der Waals surface area contributed by atoms with Crippen LogP contribution in [0.1, 0.15) is 53.9 Å². The molecular formula is C26H30FN3O4. The molecule has 34 heavy (non-hydrogen) atoms. The maximum atomic E-state index is 12.8. The van der Waals surface area contributed by atoms with E-state index in [9.17, 15) is 19.4 Å². The van der Waals surface area contributed by atoms with E-state index < -0.39 is 5.91 Å². The van der Waals surface area contributed by atoms with Gasteiger partial charge in [0.2, 0.25) is 5.76 Å². The van der Waals surface area contributed by atoms with Crippen LogP contribution in [0.2, 0.25) is 0 Å². The number of nitrogens with one attached hydrogen (secondary N) is 1. The maximum Gasteiger partial charge on any atom is 0.290 e. The van der Waals surface area contributed by atoms with Crippen LogP contribution in [0, 0.1) is 0 Å². The molecule has 4 rings (SSSR count). The summed E-state index contributed by atoms with van der Waals surface area (Å²) in [6, 6.07) is 8.88. The average molecular weight is 468 g/mol. The predicted octanol–water partition coefficient (Wildman–Crippen LogP) is 4.62. The van der Waals surface area contributed by atoms with E-state index >= 15 is 0 Å². The maximum absolute atomic E-state index is 12.8. The fourth-order valence-electron chi connectivity index (χ4n) is 4.46. The normalized spacial score (nSPS) is 13.8. The first-order chi connectivity index (χ1) is 16.3. The lowest BCUT2D eigenvalue weighted by Crippen LogP contribution is -2.32. The molecule has 3 N–H and O–H groups in total. The molecule has 1 aliphatic rings. The predicted molar refractivity (Wildman–Crippen MR) is 128 cm³/mol. The van der Waals surface area contributed by atoms with Gasteiger partial charge in [0, 0.05) is 37.8 Å². The van der Waals surface area contributed by atoms with E-state index in [1.165, 1.54) is 6.07 Å². The summed E-state index contributed by atoms with van der Waals surface area (Å²) >= 11 is 0. The summed E-state index contributed by atoms with van der Waals surface area (Å²) in [6.45, 7) is 7.60. The van der Waals surface area contributed by atoms with Crippen molar-refractivity contribution in [1.29, 1.82) is 0 Å². The van der Waals surface area contributed by atoms with Crippen molar-refractivity contribution in [2.24, 2.45) is 0 Å². The van der Waals surface area contributed by atoms with Crippen molar-refractivity contribution < 1.29 is 23.9 Å². The lowest BCUT2D eigenvalue weighted by Gasteiger charge is -2.28. The lowest BCUT2D eigenvalue weighted by atomic mass is 9.91. The molecule has 1 aromatic heterocycles. The number of phenolic OH excluding ortho intramolecular Hbond substituents is 2. The fourth-order valence-corrected chi connectivity index (χ4v) is 4.46. The quantitative estimate of drug-likeness (QED) is 0.469. The van der Waals surface area contributed by atoms with Crippen LogP contribution in [-0.4, -0.2) is 52.5 Å². The Morgan fingerprint density at radius 3 is 2.71 bits per heavy atom. The Morgan fingerprint density at radius 1 is 1.21 bits per heavy atom. The Balaban J connectivity index is 1.85. The van der Waals surface area contributed by atoms with Gasteiger partial charge in [0.15, 0.2) is 0 Å². The molecule has 0 atom stereocenters. The van der Waals surface area contributed by atoms with E-state index in [0.29, 0.717) is 42.0 Å². The SMILES string of the molecule is CCNC(=O)c1onc(-c2cc(C(C)C)c(O)cc2O)c1-c1ccc2c(c1)CCN(CCF)C2. The average Bonchev–Trinajstić information content (AvgIpc) is 3.24. The van der Waals surface area contributed by atoms with Gasteiger partial charge in [-0.3, -0.25) is 9.69 Å². The van der Waals surface area contributed by atoms with Crippen molar-refractivity contribution in [3.8, 4) is 33.9 Å². The zero-order chi connectivity index (χ0) is 24.4. The van der Waals surface area contributed by atoms with Gasteiger partial charge in [-0.1, -0.05) is 37.2 Å². The van der Waals surface area contributed by atoms with Crippen LogP contribution in [0.3, 0.4) is 0 Å². The molecule has 0 saturated heterocycles. The summed E-state index contributed by atoms with van der Waals surface area (Å²) in [5, 5.41) is 27.9. The van der Waals surface area contributed by atoms with Crippen LogP contribution in [0.15, 0.2) is 34.9 Å². The second-order valence-corrected chi connectivity index (χ2v) is 8.88. The second-order valence-electron chi connectivity index (χ2n) is 8.88. The number of halogens is 1. The first kappa shape index (κ1) is 23.8. The molecule has 3 aromatic rings. The van der Waals surface area contributed by atoms with Gasteiger partial charge in [-0.15, -0.1) is 0 Å². The van der Waals surface area contributed by atoms with E-state index in [4.69, 9.17) is 4.52 Å². The Bertz CT molecular complexity index is 1200. The van der Waals surface area contributed by atoms with E-state index in [1.54, 1.807) is 6.07 Å². The molecule has 1 amide bonds. The number of phenols is 2. The van der Waals surface area contributed by atoms with Crippen LogP contribution >= 0.6 is 0 Å². The summed E-state index contributed by atoms with van der Waals surface area (Å²) in [5.41, 5.74) is 4.83. The minimum atomic E-state index is -0.398. The topological polar surface area (TPSA) is 98.8 Å². The van der Waals surface area contributed by atoms with E-state index in [-0.39, 0.29) is 29.9 Å². The van der Waals surface area contributed by atoms with Crippen LogP contribution in [0.4, 0.5) is 4.39 Å². The van der Waals surface area contributed by atoms with Crippen molar-refractivity contribution >= 4 is 5.91 Å². The number of nitrogens with zero attached hydrogens (tertiary/aromatic N) is 2. The van der Waals surface area contributed by atoms with Crippen LogP contribution in [0.5, 0.6) is 11.5 Å². The fraction of sp³-hybridized carbons (Fsp3) is 0.385. The first-order valence-electron chi connectivity index (χ1n) is 11.6. The number of aromatic nitrogens is 1. The van der Waals surface area contributed by atoms with Gasteiger partial charge in [0.1, 0.15) is 23.9 Å². The minimum Gasteiger partial charge on any atom is -0.508 e. The molecule has 0 radical (unpaired) electrons. The van der Waals surface area contributed by atoms with Gasteiger partial charge in [-0.2, -0.15) is 0 Å². The molecule has 8 heteroatoms. The van der Waals surface area contributed by atoms with Gasteiger partial charge in [0.05, 0.1) is 5.56 Å². The summed E-state index contributed by atoms with van der Waals surface area (Å²) in [7, 11) is 0. The van der Waals surface area contributed by atoms with E-state index in [2.05, 4.69) is 15.4 Å².